The quantitative estimate of drug-likeness (QED) is 0.609. The van der Waals surface area contributed by atoms with Crippen molar-refractivity contribution in [2.24, 2.45) is 0 Å². The van der Waals surface area contributed by atoms with Gasteiger partial charge in [0.05, 0.1) is 5.41 Å². The number of hydrogen-bond acceptors (Lipinski definition) is 5. The molecular formula is C21H21ClN4O2. The Labute approximate surface area is 168 Å². The van der Waals surface area contributed by atoms with Crippen LogP contribution in [0.5, 0.6) is 0 Å². The van der Waals surface area contributed by atoms with E-state index < -0.39 is 5.41 Å². The summed E-state index contributed by atoms with van der Waals surface area (Å²) in [6.45, 7) is 0. The van der Waals surface area contributed by atoms with E-state index in [1.54, 1.807) is 0 Å². The Morgan fingerprint density at radius 3 is 2.43 bits per heavy atom. The molecule has 3 aromatic rings. The second-order valence-corrected chi connectivity index (χ2v) is 7.45. The van der Waals surface area contributed by atoms with Crippen LogP contribution in [0, 0.1) is 0 Å². The Bertz CT molecular complexity index is 935. The summed E-state index contributed by atoms with van der Waals surface area (Å²) in [4.78, 5) is 17.4. The normalized spacial score (nSPS) is 15.8. The van der Waals surface area contributed by atoms with Crippen LogP contribution in [0.4, 0.5) is 6.01 Å². The number of carbonyl (C=O) groups is 1. The molecule has 0 unspecified atom stereocenters. The van der Waals surface area contributed by atoms with Crippen LogP contribution in [-0.2, 0) is 10.2 Å². The van der Waals surface area contributed by atoms with Gasteiger partial charge >= 0.3 is 6.01 Å². The predicted molar refractivity (Wildman–Crippen MR) is 108 cm³/mol. The summed E-state index contributed by atoms with van der Waals surface area (Å²) in [5.41, 5.74) is 6.78. The molecule has 2 N–H and O–H groups in total. The first-order valence-electron chi connectivity index (χ1n) is 9.39. The van der Waals surface area contributed by atoms with Crippen LogP contribution >= 0.6 is 11.6 Å². The highest BCUT2D eigenvalue weighted by atomic mass is 35.5. The maximum atomic E-state index is 13.2. The second-order valence-electron chi connectivity index (χ2n) is 7.02. The summed E-state index contributed by atoms with van der Waals surface area (Å²) in [6, 6.07) is 17.2. The first-order valence-corrected chi connectivity index (χ1v) is 9.77. The zero-order valence-corrected chi connectivity index (χ0v) is 16.1. The lowest BCUT2D eigenvalue weighted by Crippen LogP contribution is -2.47. The molecule has 0 spiro atoms. The number of halogens is 1. The van der Waals surface area contributed by atoms with Crippen LogP contribution in [0.1, 0.15) is 37.7 Å². The fourth-order valence-electron chi connectivity index (χ4n) is 3.78. The highest BCUT2D eigenvalue weighted by Gasteiger charge is 2.41. The molecule has 1 amide bonds. The fraction of sp³-hybridized carbons (Fsp3) is 0.286. The largest absolute Gasteiger partial charge is 0.340 e. The average molecular weight is 397 g/mol. The van der Waals surface area contributed by atoms with Crippen molar-refractivity contribution >= 4 is 23.5 Å². The van der Waals surface area contributed by atoms with Crippen LogP contribution in [0.2, 0.25) is 5.02 Å². The maximum Gasteiger partial charge on any atom is 0.340 e. The number of amides is 1. The molecule has 2 aromatic carbocycles. The van der Waals surface area contributed by atoms with E-state index in [2.05, 4.69) is 21.0 Å². The summed E-state index contributed by atoms with van der Waals surface area (Å²) < 4.78 is 5.21. The van der Waals surface area contributed by atoms with Crippen LogP contribution < -0.4 is 10.9 Å². The highest BCUT2D eigenvalue weighted by molar-refractivity contribution is 6.30. The van der Waals surface area contributed by atoms with Crippen molar-refractivity contribution in [3.05, 3.63) is 65.2 Å². The molecule has 0 aliphatic heterocycles. The molecule has 1 aliphatic rings. The van der Waals surface area contributed by atoms with Gasteiger partial charge in [0.25, 0.3) is 0 Å². The van der Waals surface area contributed by atoms with Gasteiger partial charge in [-0.15, -0.1) is 0 Å². The van der Waals surface area contributed by atoms with E-state index in [0.717, 1.165) is 43.2 Å². The smallest absolute Gasteiger partial charge is 0.313 e. The van der Waals surface area contributed by atoms with Crippen molar-refractivity contribution in [3.63, 3.8) is 0 Å². The van der Waals surface area contributed by atoms with E-state index in [0.29, 0.717) is 10.8 Å². The molecule has 6 nitrogen and oxygen atoms in total. The fourth-order valence-corrected chi connectivity index (χ4v) is 3.91. The third kappa shape index (κ3) is 3.73. The van der Waals surface area contributed by atoms with Crippen LogP contribution in [0.3, 0.4) is 0 Å². The van der Waals surface area contributed by atoms with Gasteiger partial charge in [-0.1, -0.05) is 78.5 Å². The van der Waals surface area contributed by atoms with Gasteiger partial charge in [-0.2, -0.15) is 4.98 Å². The van der Waals surface area contributed by atoms with E-state index in [1.165, 1.54) is 0 Å². The average Bonchev–Trinajstić information content (AvgIpc) is 3.23. The summed E-state index contributed by atoms with van der Waals surface area (Å²) in [6.07, 6.45) is 4.74. The molecule has 1 aliphatic carbocycles. The summed E-state index contributed by atoms with van der Waals surface area (Å²) in [7, 11) is 0. The van der Waals surface area contributed by atoms with Gasteiger partial charge < -0.3 is 4.52 Å². The molecule has 7 heteroatoms. The van der Waals surface area contributed by atoms with Gasteiger partial charge in [-0.05, 0) is 30.5 Å². The lowest BCUT2D eigenvalue weighted by molar-refractivity contribution is -0.127. The number of aromatic nitrogens is 2. The van der Waals surface area contributed by atoms with Crippen molar-refractivity contribution in [2.45, 2.75) is 37.5 Å². The second kappa shape index (κ2) is 8.02. The Morgan fingerprint density at radius 2 is 1.71 bits per heavy atom. The summed E-state index contributed by atoms with van der Waals surface area (Å²) >= 11 is 6.03. The Balaban J connectivity index is 1.49. The number of carbonyl (C=O) groups excluding carboxylic acids is 1. The number of nitrogens with zero attached hydrogens (tertiary/aromatic N) is 2. The topological polar surface area (TPSA) is 80.0 Å². The van der Waals surface area contributed by atoms with Crippen molar-refractivity contribution in [1.82, 2.24) is 15.6 Å². The molecule has 0 atom stereocenters. The number of hydrazine groups is 1. The van der Waals surface area contributed by atoms with Gasteiger partial charge in [0, 0.05) is 10.6 Å². The Morgan fingerprint density at radius 1 is 1.00 bits per heavy atom. The third-order valence-electron chi connectivity index (χ3n) is 5.28. The third-order valence-corrected chi connectivity index (χ3v) is 5.53. The van der Waals surface area contributed by atoms with Crippen molar-refractivity contribution in [1.29, 1.82) is 0 Å². The Hall–Kier alpha value is -2.86. The van der Waals surface area contributed by atoms with E-state index in [-0.39, 0.29) is 11.9 Å². The van der Waals surface area contributed by atoms with Crippen LogP contribution in [-0.4, -0.2) is 16.0 Å². The Kier molecular flexibility index (Phi) is 5.30. The van der Waals surface area contributed by atoms with E-state index in [9.17, 15) is 4.79 Å². The minimum Gasteiger partial charge on any atom is -0.313 e. The molecule has 4 rings (SSSR count). The maximum absolute atomic E-state index is 13.2. The van der Waals surface area contributed by atoms with Crippen molar-refractivity contribution in [2.75, 3.05) is 5.43 Å². The predicted octanol–water partition coefficient (Wildman–Crippen LogP) is 4.74. The van der Waals surface area contributed by atoms with E-state index >= 15 is 0 Å². The molecule has 144 valence electrons. The monoisotopic (exact) mass is 396 g/mol. The highest BCUT2D eigenvalue weighted by Crippen LogP contribution is 2.40. The minimum absolute atomic E-state index is 0.103. The zero-order valence-electron chi connectivity index (χ0n) is 15.3. The number of nitrogens with one attached hydrogen (secondary N) is 2. The SMILES string of the molecule is O=C(NNc1nc(-c2ccccc2)no1)C1(c2ccc(Cl)cc2)CCCCC1. The van der Waals surface area contributed by atoms with Gasteiger partial charge in [0.1, 0.15) is 0 Å². The molecule has 28 heavy (non-hydrogen) atoms. The van der Waals surface area contributed by atoms with Gasteiger partial charge in [0.15, 0.2) is 0 Å². The van der Waals surface area contributed by atoms with E-state index in [1.807, 2.05) is 54.6 Å². The molecule has 0 radical (unpaired) electrons. The molecule has 0 bridgehead atoms. The van der Waals surface area contributed by atoms with Gasteiger partial charge in [-0.25, -0.2) is 5.43 Å². The van der Waals surface area contributed by atoms with Crippen molar-refractivity contribution in [3.8, 4) is 11.4 Å². The number of anilines is 1. The summed E-state index contributed by atoms with van der Waals surface area (Å²) in [5.74, 6) is 0.358. The first kappa shape index (κ1) is 18.5. The van der Waals surface area contributed by atoms with Crippen molar-refractivity contribution < 1.29 is 9.32 Å². The number of rotatable bonds is 5. The van der Waals surface area contributed by atoms with E-state index in [4.69, 9.17) is 16.1 Å². The zero-order chi connectivity index (χ0) is 19.4. The lowest BCUT2D eigenvalue weighted by atomic mass is 9.69. The molecule has 1 aromatic heterocycles. The summed E-state index contributed by atoms with van der Waals surface area (Å²) in [5, 5.41) is 4.61. The molecular weight excluding hydrogens is 376 g/mol. The standard InChI is InChI=1S/C21H21ClN4O2/c22-17-11-9-16(10-12-17)21(13-5-2-6-14-21)19(27)24-25-20-23-18(26-28-20)15-7-3-1-4-8-15/h1,3-4,7-12H,2,5-6,13-14H2,(H,24,27)(H,23,25,26). The molecule has 1 heterocycles. The number of hydrogen-bond donors (Lipinski definition) is 2. The first-order chi connectivity index (χ1) is 13.7. The van der Waals surface area contributed by atoms with Crippen LogP contribution in [0.25, 0.3) is 11.4 Å². The van der Waals surface area contributed by atoms with Crippen LogP contribution in [0.15, 0.2) is 59.1 Å². The van der Waals surface area contributed by atoms with Gasteiger partial charge in [-0.3, -0.25) is 10.2 Å². The molecule has 0 saturated heterocycles. The lowest BCUT2D eigenvalue weighted by Gasteiger charge is -2.36. The van der Waals surface area contributed by atoms with Gasteiger partial charge in [0.2, 0.25) is 11.7 Å². The number of benzene rings is 2. The minimum atomic E-state index is -0.585. The molecule has 1 fully saturated rings. The molecule has 1 saturated carbocycles.